The van der Waals surface area contributed by atoms with Crippen molar-refractivity contribution in [2.45, 2.75) is 18.2 Å². The standard InChI is InChI=1S/C4H5ClF2O2.ClH/c5-4(6,7)2-1-3(8)9;/h1-2H2,(H,8,9);1H. The summed E-state index contributed by atoms with van der Waals surface area (Å²) in [6.07, 6.45) is -1.42. The van der Waals surface area contributed by atoms with E-state index in [0.29, 0.717) is 0 Å². The molecule has 0 radical (unpaired) electrons. The Bertz CT molecular complexity index is 112. The molecule has 0 saturated carbocycles. The molecule has 6 heteroatoms. The van der Waals surface area contributed by atoms with E-state index >= 15 is 0 Å². The summed E-state index contributed by atoms with van der Waals surface area (Å²) in [6.45, 7) is 0. The maximum atomic E-state index is 11.6. The van der Waals surface area contributed by atoms with Crippen molar-refractivity contribution in [1.29, 1.82) is 0 Å². The van der Waals surface area contributed by atoms with E-state index in [1.165, 1.54) is 0 Å². The number of alkyl halides is 3. The molecule has 0 saturated heterocycles. The van der Waals surface area contributed by atoms with E-state index in [9.17, 15) is 13.6 Å². The van der Waals surface area contributed by atoms with Crippen molar-refractivity contribution < 1.29 is 18.7 Å². The van der Waals surface area contributed by atoms with Crippen LogP contribution in [0, 0.1) is 0 Å². The molecular weight excluding hydrogens is 189 g/mol. The molecule has 0 fully saturated rings. The van der Waals surface area contributed by atoms with Crippen LogP contribution in [0.5, 0.6) is 0 Å². The average Bonchev–Trinajstić information content (AvgIpc) is 1.59. The highest BCUT2D eigenvalue weighted by Gasteiger charge is 2.24. The fraction of sp³-hybridized carbons (Fsp3) is 0.750. The van der Waals surface area contributed by atoms with E-state index in [4.69, 9.17) is 5.11 Å². The maximum absolute atomic E-state index is 11.6. The van der Waals surface area contributed by atoms with Crippen LogP contribution >= 0.6 is 24.0 Å². The normalized spacial score (nSPS) is 10.3. The van der Waals surface area contributed by atoms with Crippen LogP contribution in [-0.4, -0.2) is 16.5 Å². The second-order valence-corrected chi connectivity index (χ2v) is 2.06. The molecule has 62 valence electrons. The number of hydrogen-bond donors (Lipinski definition) is 1. The number of hydrogen-bond acceptors (Lipinski definition) is 1. The molecule has 0 aromatic heterocycles. The number of carboxylic acid groups (broad SMARTS) is 1. The van der Waals surface area contributed by atoms with Gasteiger partial charge in [-0.05, 0) is 11.6 Å². The van der Waals surface area contributed by atoms with E-state index in [1.54, 1.807) is 0 Å². The SMILES string of the molecule is Cl.O=C(O)CCC(F)(F)Cl. The van der Waals surface area contributed by atoms with Crippen molar-refractivity contribution in [1.82, 2.24) is 0 Å². The Morgan fingerprint density at radius 3 is 2.10 bits per heavy atom. The Labute approximate surface area is 67.6 Å². The van der Waals surface area contributed by atoms with Crippen molar-refractivity contribution in [3.05, 3.63) is 0 Å². The molecule has 1 N–H and O–H groups in total. The Morgan fingerprint density at radius 1 is 1.60 bits per heavy atom. The number of carbonyl (C=O) groups is 1. The van der Waals surface area contributed by atoms with Gasteiger partial charge in [0.05, 0.1) is 6.42 Å². The van der Waals surface area contributed by atoms with E-state index < -0.39 is 24.2 Å². The van der Waals surface area contributed by atoms with Crippen molar-refractivity contribution in [2.75, 3.05) is 0 Å². The minimum absolute atomic E-state index is 0. The second-order valence-electron chi connectivity index (χ2n) is 1.51. The van der Waals surface area contributed by atoms with Gasteiger partial charge in [0.25, 0.3) is 0 Å². The molecule has 0 heterocycles. The summed E-state index contributed by atoms with van der Waals surface area (Å²) in [6, 6.07) is 0. The third kappa shape index (κ3) is 10.8. The molecule has 0 aromatic carbocycles. The van der Waals surface area contributed by atoms with E-state index in [-0.39, 0.29) is 12.4 Å². The molecule has 10 heavy (non-hydrogen) atoms. The highest BCUT2D eigenvalue weighted by Crippen LogP contribution is 2.24. The smallest absolute Gasteiger partial charge is 0.322 e. The van der Waals surface area contributed by atoms with Crippen molar-refractivity contribution >= 4 is 30.0 Å². The summed E-state index contributed by atoms with van der Waals surface area (Å²) in [5.41, 5.74) is 0. The number of aliphatic carboxylic acids is 1. The molecule has 0 rings (SSSR count). The molecule has 0 aliphatic heterocycles. The fourth-order valence-corrected chi connectivity index (χ4v) is 0.343. The Morgan fingerprint density at radius 2 is 2.00 bits per heavy atom. The number of halogens is 4. The molecule has 0 amide bonds. The van der Waals surface area contributed by atoms with Gasteiger partial charge in [-0.1, -0.05) is 0 Å². The van der Waals surface area contributed by atoms with E-state index in [1.807, 2.05) is 0 Å². The molecule has 0 unspecified atom stereocenters. The first-order valence-corrected chi connectivity index (χ1v) is 2.58. The van der Waals surface area contributed by atoms with Gasteiger partial charge in [0.15, 0.2) is 0 Å². The van der Waals surface area contributed by atoms with Gasteiger partial charge in [0.1, 0.15) is 0 Å². The zero-order chi connectivity index (χ0) is 7.49. The Hall–Kier alpha value is -0.0900. The monoisotopic (exact) mass is 194 g/mol. The second kappa shape index (κ2) is 4.68. The van der Waals surface area contributed by atoms with Gasteiger partial charge in [0, 0.05) is 6.42 Å². The van der Waals surface area contributed by atoms with Crippen LogP contribution in [0.1, 0.15) is 12.8 Å². The van der Waals surface area contributed by atoms with Crippen LogP contribution in [-0.2, 0) is 4.79 Å². The lowest BCUT2D eigenvalue weighted by Crippen LogP contribution is -2.08. The number of carboxylic acids is 1. The van der Waals surface area contributed by atoms with E-state index in [0.717, 1.165) is 0 Å². The fourth-order valence-electron chi connectivity index (χ4n) is 0.249. The zero-order valence-corrected chi connectivity index (χ0v) is 6.38. The van der Waals surface area contributed by atoms with Gasteiger partial charge in [-0.2, -0.15) is 8.78 Å². The minimum atomic E-state index is -3.38. The van der Waals surface area contributed by atoms with Crippen LogP contribution in [0.4, 0.5) is 8.78 Å². The topological polar surface area (TPSA) is 37.3 Å². The van der Waals surface area contributed by atoms with Crippen molar-refractivity contribution in [3.63, 3.8) is 0 Å². The molecule has 0 bridgehead atoms. The zero-order valence-electron chi connectivity index (χ0n) is 4.81. The van der Waals surface area contributed by atoms with Crippen LogP contribution in [0.15, 0.2) is 0 Å². The van der Waals surface area contributed by atoms with E-state index in [2.05, 4.69) is 11.6 Å². The van der Waals surface area contributed by atoms with Crippen LogP contribution < -0.4 is 0 Å². The van der Waals surface area contributed by atoms with Gasteiger partial charge in [-0.3, -0.25) is 4.79 Å². The van der Waals surface area contributed by atoms with Crippen LogP contribution in [0.3, 0.4) is 0 Å². The third-order valence-corrected chi connectivity index (χ3v) is 0.811. The lowest BCUT2D eigenvalue weighted by Gasteiger charge is -2.02. The highest BCUT2D eigenvalue weighted by atomic mass is 35.5. The quantitative estimate of drug-likeness (QED) is 0.700. The summed E-state index contributed by atoms with van der Waals surface area (Å²) >= 11 is 4.38. The molecule has 0 aromatic rings. The third-order valence-electron chi connectivity index (χ3n) is 0.622. The largest absolute Gasteiger partial charge is 0.481 e. The molecular formula is C4H6Cl2F2O2. The van der Waals surface area contributed by atoms with Gasteiger partial charge >= 0.3 is 11.4 Å². The summed E-state index contributed by atoms with van der Waals surface area (Å²) < 4.78 is 23.2. The summed E-state index contributed by atoms with van der Waals surface area (Å²) in [5, 5.41) is 4.51. The number of rotatable bonds is 3. The first-order chi connectivity index (χ1) is 3.92. The van der Waals surface area contributed by atoms with Gasteiger partial charge in [-0.25, -0.2) is 0 Å². The summed E-state index contributed by atoms with van der Waals surface area (Å²) in [5.74, 6) is -1.27. The first-order valence-electron chi connectivity index (χ1n) is 2.20. The molecule has 0 atom stereocenters. The lowest BCUT2D eigenvalue weighted by atomic mass is 10.3. The molecule has 0 spiro atoms. The summed E-state index contributed by atoms with van der Waals surface area (Å²) in [4.78, 5) is 9.65. The molecule has 2 nitrogen and oxygen atoms in total. The Balaban J connectivity index is 0. The van der Waals surface area contributed by atoms with Gasteiger partial charge in [0.2, 0.25) is 0 Å². The van der Waals surface area contributed by atoms with Crippen molar-refractivity contribution in [2.24, 2.45) is 0 Å². The predicted molar refractivity (Wildman–Crippen MR) is 34.9 cm³/mol. The van der Waals surface area contributed by atoms with Crippen molar-refractivity contribution in [3.8, 4) is 0 Å². The summed E-state index contributed by atoms with van der Waals surface area (Å²) in [7, 11) is 0. The lowest BCUT2D eigenvalue weighted by molar-refractivity contribution is -0.138. The molecule has 0 aliphatic rings. The maximum Gasteiger partial charge on any atom is 0.322 e. The highest BCUT2D eigenvalue weighted by molar-refractivity contribution is 6.21. The predicted octanol–water partition coefficient (Wildman–Crippen LogP) is 2.10. The Kier molecular flexibility index (Phi) is 5.89. The van der Waals surface area contributed by atoms with Gasteiger partial charge in [-0.15, -0.1) is 12.4 Å². The van der Waals surface area contributed by atoms with Crippen LogP contribution in [0.25, 0.3) is 0 Å². The first kappa shape index (κ1) is 12.6. The molecule has 0 aliphatic carbocycles. The van der Waals surface area contributed by atoms with Crippen LogP contribution in [0.2, 0.25) is 0 Å². The van der Waals surface area contributed by atoms with Gasteiger partial charge < -0.3 is 5.11 Å². The average molecular weight is 195 g/mol. The minimum Gasteiger partial charge on any atom is -0.481 e.